The second-order valence-electron chi connectivity index (χ2n) is 7.81. The molecule has 4 aromatic rings. The second kappa shape index (κ2) is 8.59. The monoisotopic (exact) mass is 447 g/mol. The van der Waals surface area contributed by atoms with E-state index in [2.05, 4.69) is 10.3 Å². The van der Waals surface area contributed by atoms with E-state index in [1.807, 2.05) is 62.7 Å². The number of ether oxygens (including phenoxy) is 1. The molecule has 1 aromatic carbocycles. The largest absolute Gasteiger partial charge is 0.462 e. The molecular formula is C25H25N3O3S. The molecule has 32 heavy (non-hydrogen) atoms. The van der Waals surface area contributed by atoms with E-state index in [-0.39, 0.29) is 12.5 Å². The third kappa shape index (κ3) is 3.91. The number of hydrogen-bond donors (Lipinski definition) is 1. The first kappa shape index (κ1) is 21.8. The molecule has 7 heteroatoms. The fourth-order valence-corrected chi connectivity index (χ4v) is 4.63. The topological polar surface area (TPSA) is 72.7 Å². The van der Waals surface area contributed by atoms with Crippen LogP contribution in [-0.2, 0) is 4.74 Å². The van der Waals surface area contributed by atoms with E-state index in [4.69, 9.17) is 4.74 Å². The van der Waals surface area contributed by atoms with Crippen molar-refractivity contribution < 1.29 is 14.3 Å². The van der Waals surface area contributed by atoms with E-state index in [1.54, 1.807) is 18.2 Å². The number of benzene rings is 1. The summed E-state index contributed by atoms with van der Waals surface area (Å²) < 4.78 is 7.08. The lowest BCUT2D eigenvalue weighted by molar-refractivity contribution is 0.0529. The highest BCUT2D eigenvalue weighted by Gasteiger charge is 2.25. The van der Waals surface area contributed by atoms with Crippen molar-refractivity contribution in [2.24, 2.45) is 0 Å². The van der Waals surface area contributed by atoms with E-state index >= 15 is 0 Å². The third-order valence-electron chi connectivity index (χ3n) is 5.49. The minimum Gasteiger partial charge on any atom is -0.462 e. The van der Waals surface area contributed by atoms with Crippen LogP contribution in [0.4, 0.5) is 5.00 Å². The van der Waals surface area contributed by atoms with Crippen LogP contribution in [0.5, 0.6) is 0 Å². The normalized spacial score (nSPS) is 11.0. The number of amides is 1. The number of thiophene rings is 1. The first-order valence-electron chi connectivity index (χ1n) is 10.4. The quantitative estimate of drug-likeness (QED) is 0.397. The Morgan fingerprint density at radius 2 is 1.88 bits per heavy atom. The van der Waals surface area contributed by atoms with E-state index in [1.165, 1.54) is 16.9 Å². The van der Waals surface area contributed by atoms with Crippen molar-refractivity contribution in [1.82, 2.24) is 9.38 Å². The number of rotatable bonds is 5. The molecule has 1 amide bonds. The summed E-state index contributed by atoms with van der Waals surface area (Å²) >= 11 is 1.31. The fraction of sp³-hybridized carbons (Fsp3) is 0.240. The molecule has 0 aliphatic rings. The number of carbonyl (C=O) groups is 2. The number of aryl methyl sites for hydroxylation is 4. The number of nitrogens with one attached hydrogen (secondary N) is 1. The Hall–Kier alpha value is -3.45. The van der Waals surface area contributed by atoms with Gasteiger partial charge in [-0.3, -0.25) is 9.20 Å². The molecule has 0 atom stereocenters. The van der Waals surface area contributed by atoms with Gasteiger partial charge < -0.3 is 10.1 Å². The summed E-state index contributed by atoms with van der Waals surface area (Å²) in [6.45, 7) is 9.88. The van der Waals surface area contributed by atoms with Gasteiger partial charge >= 0.3 is 5.97 Å². The summed E-state index contributed by atoms with van der Waals surface area (Å²) in [5.41, 5.74) is 7.17. The summed E-state index contributed by atoms with van der Waals surface area (Å²) in [5, 5.41) is 5.28. The van der Waals surface area contributed by atoms with Crippen LogP contribution < -0.4 is 5.32 Å². The second-order valence-corrected chi connectivity index (χ2v) is 8.68. The maximum absolute atomic E-state index is 13.3. The molecule has 0 aliphatic carbocycles. The third-order valence-corrected chi connectivity index (χ3v) is 6.38. The molecule has 0 bridgehead atoms. The molecule has 0 fully saturated rings. The summed E-state index contributed by atoms with van der Waals surface area (Å²) in [6, 6.07) is 9.91. The summed E-state index contributed by atoms with van der Waals surface area (Å²) in [6.07, 6.45) is 1.83. The number of anilines is 1. The van der Waals surface area contributed by atoms with E-state index in [0.717, 1.165) is 22.3 Å². The molecule has 0 unspecified atom stereocenters. The van der Waals surface area contributed by atoms with Gasteiger partial charge in [0, 0.05) is 17.1 Å². The van der Waals surface area contributed by atoms with Crippen LogP contribution in [0.15, 0.2) is 41.9 Å². The van der Waals surface area contributed by atoms with Crippen LogP contribution in [0.3, 0.4) is 0 Å². The van der Waals surface area contributed by atoms with Gasteiger partial charge in [0.25, 0.3) is 5.91 Å². The number of hydrogen-bond acceptors (Lipinski definition) is 5. The highest BCUT2D eigenvalue weighted by Crippen LogP contribution is 2.37. The lowest BCUT2D eigenvalue weighted by Gasteiger charge is -2.10. The summed E-state index contributed by atoms with van der Waals surface area (Å²) in [7, 11) is 0. The molecule has 6 nitrogen and oxygen atoms in total. The average molecular weight is 448 g/mol. The van der Waals surface area contributed by atoms with Gasteiger partial charge in [0.2, 0.25) is 0 Å². The predicted molar refractivity (Wildman–Crippen MR) is 128 cm³/mol. The maximum atomic E-state index is 13.3. The first-order chi connectivity index (χ1) is 15.3. The van der Waals surface area contributed by atoms with Crippen LogP contribution >= 0.6 is 11.3 Å². The van der Waals surface area contributed by atoms with Crippen LogP contribution in [0, 0.1) is 27.7 Å². The summed E-state index contributed by atoms with van der Waals surface area (Å²) in [4.78, 5) is 30.6. The van der Waals surface area contributed by atoms with E-state index in [0.29, 0.717) is 27.6 Å². The zero-order chi connectivity index (χ0) is 23.0. The minimum atomic E-state index is -0.456. The Bertz CT molecular complexity index is 1350. The zero-order valence-electron chi connectivity index (χ0n) is 18.8. The lowest BCUT2D eigenvalue weighted by Crippen LogP contribution is -2.17. The van der Waals surface area contributed by atoms with Crippen molar-refractivity contribution >= 4 is 33.9 Å². The zero-order valence-corrected chi connectivity index (χ0v) is 19.6. The van der Waals surface area contributed by atoms with Gasteiger partial charge in [-0.15, -0.1) is 11.3 Å². The molecule has 0 spiro atoms. The van der Waals surface area contributed by atoms with Crippen LogP contribution in [0.2, 0.25) is 0 Å². The molecule has 164 valence electrons. The minimum absolute atomic E-state index is 0.250. The summed E-state index contributed by atoms with van der Waals surface area (Å²) in [5.74, 6) is -0.777. The molecule has 0 radical (unpaired) electrons. The van der Waals surface area contributed by atoms with Crippen molar-refractivity contribution in [3.63, 3.8) is 0 Å². The van der Waals surface area contributed by atoms with Crippen molar-refractivity contribution in [3.8, 4) is 11.1 Å². The average Bonchev–Trinajstić information content (AvgIpc) is 3.30. The fourth-order valence-electron chi connectivity index (χ4n) is 3.68. The lowest BCUT2D eigenvalue weighted by atomic mass is 9.99. The SMILES string of the molecule is CCOC(=O)c1c(-c2ccc(C)c(C)c2)csc1NC(=O)c1c(C)nc2cc(C)ccn12. The number of aromatic nitrogens is 2. The maximum Gasteiger partial charge on any atom is 0.341 e. The number of esters is 1. The molecule has 3 aromatic heterocycles. The smallest absolute Gasteiger partial charge is 0.341 e. The Kier molecular flexibility index (Phi) is 5.84. The molecular weight excluding hydrogens is 422 g/mol. The first-order valence-corrected chi connectivity index (χ1v) is 11.3. The Labute approximate surface area is 190 Å². The van der Waals surface area contributed by atoms with Gasteiger partial charge in [0.15, 0.2) is 0 Å². The number of imidazole rings is 1. The molecule has 0 saturated heterocycles. The highest BCUT2D eigenvalue weighted by atomic mass is 32.1. The predicted octanol–water partition coefficient (Wildman–Crippen LogP) is 5.73. The molecule has 4 rings (SSSR count). The van der Waals surface area contributed by atoms with Crippen LogP contribution in [-0.4, -0.2) is 27.9 Å². The van der Waals surface area contributed by atoms with Crippen molar-refractivity contribution in [3.05, 3.63) is 75.6 Å². The van der Waals surface area contributed by atoms with Crippen molar-refractivity contribution in [1.29, 1.82) is 0 Å². The van der Waals surface area contributed by atoms with Gasteiger partial charge in [-0.2, -0.15) is 0 Å². The molecule has 1 N–H and O–H groups in total. The Morgan fingerprint density at radius 3 is 2.59 bits per heavy atom. The highest BCUT2D eigenvalue weighted by molar-refractivity contribution is 7.15. The Balaban J connectivity index is 1.76. The van der Waals surface area contributed by atoms with Gasteiger partial charge in [0.1, 0.15) is 21.9 Å². The standard InChI is InChI=1S/C25H25N3O3S/c1-6-31-25(30)21-19(18-8-7-15(3)16(4)12-18)13-32-24(21)27-23(29)22-17(5)26-20-11-14(2)9-10-28(20)22/h7-13H,6H2,1-5H3,(H,27,29). The van der Waals surface area contributed by atoms with Gasteiger partial charge in [-0.1, -0.05) is 18.2 Å². The Morgan fingerprint density at radius 1 is 1.09 bits per heavy atom. The number of nitrogens with zero attached hydrogens (tertiary/aromatic N) is 2. The van der Waals surface area contributed by atoms with Crippen LogP contribution in [0.1, 0.15) is 50.2 Å². The molecule has 3 heterocycles. The van der Waals surface area contributed by atoms with Gasteiger partial charge in [-0.05, 0) is 69.0 Å². The molecule has 0 aliphatic heterocycles. The van der Waals surface area contributed by atoms with E-state index in [9.17, 15) is 9.59 Å². The van der Waals surface area contributed by atoms with Gasteiger partial charge in [0.05, 0.1) is 12.3 Å². The molecule has 0 saturated carbocycles. The van der Waals surface area contributed by atoms with E-state index < -0.39 is 5.97 Å². The number of carbonyl (C=O) groups excluding carboxylic acids is 2. The number of pyridine rings is 1. The van der Waals surface area contributed by atoms with Gasteiger partial charge in [-0.25, -0.2) is 9.78 Å². The van der Waals surface area contributed by atoms with Crippen LogP contribution in [0.25, 0.3) is 16.8 Å². The van der Waals surface area contributed by atoms with Crippen molar-refractivity contribution in [2.45, 2.75) is 34.6 Å². The van der Waals surface area contributed by atoms with Crippen molar-refractivity contribution in [2.75, 3.05) is 11.9 Å². The number of fused-ring (bicyclic) bond motifs is 1.